The summed E-state index contributed by atoms with van der Waals surface area (Å²) in [5.41, 5.74) is 3.37. The summed E-state index contributed by atoms with van der Waals surface area (Å²) < 4.78 is 0. The van der Waals surface area contributed by atoms with E-state index in [1.807, 2.05) is 25.1 Å². The molecule has 0 saturated carbocycles. The maximum Gasteiger partial charge on any atom is 0.275 e. The molecule has 0 bridgehead atoms. The maximum absolute atomic E-state index is 12.5. The molecule has 3 N–H and O–H groups in total. The molecular formula is C24H34N3O2+. The Bertz CT molecular complexity index is 796. The number of quaternary nitrogens is 1. The second kappa shape index (κ2) is 9.79. The van der Waals surface area contributed by atoms with E-state index in [0.717, 1.165) is 43.9 Å². The fraction of sp³-hybridized carbons (Fsp3) is 0.458. The second-order valence-corrected chi connectivity index (χ2v) is 8.53. The van der Waals surface area contributed by atoms with Gasteiger partial charge in [-0.05, 0) is 42.5 Å². The summed E-state index contributed by atoms with van der Waals surface area (Å²) in [5, 5.41) is 13.2. The van der Waals surface area contributed by atoms with Crippen LogP contribution in [0.15, 0.2) is 48.5 Å². The van der Waals surface area contributed by atoms with Crippen LogP contribution < -0.4 is 15.1 Å². The third-order valence-corrected chi connectivity index (χ3v) is 5.60. The van der Waals surface area contributed by atoms with Gasteiger partial charge in [-0.2, -0.15) is 0 Å². The number of rotatable bonds is 7. The van der Waals surface area contributed by atoms with E-state index in [2.05, 4.69) is 48.3 Å². The molecule has 0 aromatic heterocycles. The van der Waals surface area contributed by atoms with Crippen molar-refractivity contribution in [2.45, 2.75) is 33.2 Å². The number of hydrogen-bond acceptors (Lipinski definition) is 3. The normalized spacial score (nSPS) is 16.1. The summed E-state index contributed by atoms with van der Waals surface area (Å²) >= 11 is 0. The lowest BCUT2D eigenvalue weighted by Crippen LogP contribution is -3.15. The average Bonchev–Trinajstić information content (AvgIpc) is 2.69. The third kappa shape index (κ3) is 5.97. The largest absolute Gasteiger partial charge is 0.506 e. The number of carbonyl (C=O) groups excluding carboxylic acids is 1. The molecule has 1 aliphatic rings. The predicted octanol–water partition coefficient (Wildman–Crippen LogP) is 2.17. The van der Waals surface area contributed by atoms with E-state index in [-0.39, 0.29) is 11.9 Å². The Morgan fingerprint density at radius 3 is 2.34 bits per heavy atom. The van der Waals surface area contributed by atoms with Gasteiger partial charge in [0.25, 0.3) is 5.91 Å². The molecule has 5 nitrogen and oxygen atoms in total. The summed E-state index contributed by atoms with van der Waals surface area (Å²) in [4.78, 5) is 16.0. The van der Waals surface area contributed by atoms with Crippen LogP contribution in [0.3, 0.4) is 0 Å². The SMILES string of the molecule is CC(C)Cc1ccc([C@H](C)NC(=O)C[NH+]2CCN(c3ccccc3O)CC2)cc1. The zero-order chi connectivity index (χ0) is 20.8. The van der Waals surface area contributed by atoms with Gasteiger partial charge in [0.15, 0.2) is 6.54 Å². The minimum atomic E-state index is 0.0116. The van der Waals surface area contributed by atoms with Gasteiger partial charge in [0.1, 0.15) is 5.75 Å². The Morgan fingerprint density at radius 1 is 1.07 bits per heavy atom. The zero-order valence-corrected chi connectivity index (χ0v) is 17.8. The molecule has 3 rings (SSSR count). The van der Waals surface area contributed by atoms with Crippen LogP contribution >= 0.6 is 0 Å². The van der Waals surface area contributed by atoms with Crippen LogP contribution in [0.4, 0.5) is 5.69 Å². The van der Waals surface area contributed by atoms with Crippen molar-refractivity contribution in [1.29, 1.82) is 0 Å². The molecule has 2 aromatic rings. The summed E-state index contributed by atoms with van der Waals surface area (Å²) in [6.07, 6.45) is 1.08. The second-order valence-electron chi connectivity index (χ2n) is 8.53. The Hall–Kier alpha value is -2.53. The van der Waals surface area contributed by atoms with Crippen molar-refractivity contribution in [2.24, 2.45) is 5.92 Å². The Balaban J connectivity index is 1.45. The number of aromatic hydroxyl groups is 1. The Labute approximate surface area is 174 Å². The number of phenolic OH excluding ortho intramolecular Hbond substituents is 1. The highest BCUT2D eigenvalue weighted by Gasteiger charge is 2.24. The number of benzene rings is 2. The van der Waals surface area contributed by atoms with Gasteiger partial charge >= 0.3 is 0 Å². The molecule has 0 spiro atoms. The van der Waals surface area contributed by atoms with E-state index in [0.29, 0.717) is 18.2 Å². The standard InChI is InChI=1S/C24H33N3O2/c1-18(2)16-20-8-10-21(11-9-20)19(3)25-24(29)17-26-12-14-27(15-13-26)22-6-4-5-7-23(22)28/h4-11,18-19,28H,12-17H2,1-3H3,(H,25,29)/p+1/t19-/m0/s1. The fourth-order valence-electron chi connectivity index (χ4n) is 3.99. The van der Waals surface area contributed by atoms with Gasteiger partial charge in [0, 0.05) is 0 Å². The van der Waals surface area contributed by atoms with Crippen molar-refractivity contribution in [2.75, 3.05) is 37.6 Å². The molecule has 1 aliphatic heterocycles. The van der Waals surface area contributed by atoms with Crippen LogP contribution in [-0.4, -0.2) is 43.7 Å². The minimum absolute atomic E-state index is 0.0116. The molecule has 5 heteroatoms. The topological polar surface area (TPSA) is 57.0 Å². The van der Waals surface area contributed by atoms with Crippen LogP contribution in [-0.2, 0) is 11.2 Å². The predicted molar refractivity (Wildman–Crippen MR) is 117 cm³/mol. The zero-order valence-electron chi connectivity index (χ0n) is 17.8. The van der Waals surface area contributed by atoms with Crippen molar-refractivity contribution < 1.29 is 14.8 Å². The van der Waals surface area contributed by atoms with Crippen LogP contribution in [0.1, 0.15) is 37.9 Å². The summed E-state index contributed by atoms with van der Waals surface area (Å²) in [6.45, 7) is 10.4. The molecule has 0 radical (unpaired) electrons. The molecule has 1 heterocycles. The van der Waals surface area contributed by atoms with E-state index in [1.54, 1.807) is 6.07 Å². The van der Waals surface area contributed by atoms with Crippen LogP contribution in [0.25, 0.3) is 0 Å². The van der Waals surface area contributed by atoms with Gasteiger partial charge in [-0.1, -0.05) is 50.2 Å². The van der Waals surface area contributed by atoms with E-state index in [4.69, 9.17) is 0 Å². The van der Waals surface area contributed by atoms with Gasteiger partial charge in [0.2, 0.25) is 0 Å². The molecule has 1 saturated heterocycles. The molecule has 0 aliphatic carbocycles. The smallest absolute Gasteiger partial charge is 0.275 e. The molecular weight excluding hydrogens is 362 g/mol. The molecule has 1 atom stereocenters. The number of amides is 1. The molecule has 2 aromatic carbocycles. The first-order valence-corrected chi connectivity index (χ1v) is 10.7. The first-order valence-electron chi connectivity index (χ1n) is 10.7. The van der Waals surface area contributed by atoms with Gasteiger partial charge in [0.05, 0.1) is 37.9 Å². The quantitative estimate of drug-likeness (QED) is 0.672. The van der Waals surface area contributed by atoms with E-state index in [9.17, 15) is 9.90 Å². The lowest BCUT2D eigenvalue weighted by molar-refractivity contribution is -0.892. The number of piperazine rings is 1. The monoisotopic (exact) mass is 396 g/mol. The van der Waals surface area contributed by atoms with Gasteiger partial charge in [-0.25, -0.2) is 0 Å². The van der Waals surface area contributed by atoms with Crippen molar-refractivity contribution in [3.63, 3.8) is 0 Å². The fourth-order valence-corrected chi connectivity index (χ4v) is 3.99. The number of para-hydroxylation sites is 2. The number of carbonyl (C=O) groups is 1. The van der Waals surface area contributed by atoms with E-state index in [1.165, 1.54) is 10.5 Å². The summed E-state index contributed by atoms with van der Waals surface area (Å²) in [6, 6.07) is 16.0. The molecule has 1 amide bonds. The number of nitrogens with one attached hydrogen (secondary N) is 2. The maximum atomic E-state index is 12.5. The number of phenols is 1. The first-order chi connectivity index (χ1) is 13.9. The highest BCUT2D eigenvalue weighted by Crippen LogP contribution is 2.26. The van der Waals surface area contributed by atoms with E-state index < -0.39 is 0 Å². The van der Waals surface area contributed by atoms with Gasteiger partial charge in [-0.15, -0.1) is 0 Å². The van der Waals surface area contributed by atoms with Crippen LogP contribution in [0.5, 0.6) is 5.75 Å². The highest BCUT2D eigenvalue weighted by molar-refractivity contribution is 5.77. The Morgan fingerprint density at radius 2 is 1.72 bits per heavy atom. The molecule has 29 heavy (non-hydrogen) atoms. The van der Waals surface area contributed by atoms with Gasteiger partial charge in [-0.3, -0.25) is 4.79 Å². The van der Waals surface area contributed by atoms with E-state index >= 15 is 0 Å². The summed E-state index contributed by atoms with van der Waals surface area (Å²) in [5.74, 6) is 1.06. The van der Waals surface area contributed by atoms with Crippen molar-refractivity contribution in [1.82, 2.24) is 5.32 Å². The average molecular weight is 397 g/mol. The first kappa shape index (κ1) is 21.2. The van der Waals surface area contributed by atoms with Crippen molar-refractivity contribution in [3.8, 4) is 5.75 Å². The third-order valence-electron chi connectivity index (χ3n) is 5.60. The Kier molecular flexibility index (Phi) is 7.15. The lowest BCUT2D eigenvalue weighted by atomic mass is 10.00. The number of nitrogens with zero attached hydrogens (tertiary/aromatic N) is 1. The highest BCUT2D eigenvalue weighted by atomic mass is 16.3. The van der Waals surface area contributed by atoms with Gasteiger partial charge < -0.3 is 20.2 Å². The lowest BCUT2D eigenvalue weighted by Gasteiger charge is -2.33. The molecule has 0 unspecified atom stereocenters. The number of hydrogen-bond donors (Lipinski definition) is 3. The van der Waals surface area contributed by atoms with Crippen molar-refractivity contribution in [3.05, 3.63) is 59.7 Å². The van der Waals surface area contributed by atoms with Crippen LogP contribution in [0.2, 0.25) is 0 Å². The molecule has 156 valence electrons. The minimum Gasteiger partial charge on any atom is -0.506 e. The summed E-state index contributed by atoms with van der Waals surface area (Å²) in [7, 11) is 0. The van der Waals surface area contributed by atoms with Crippen LogP contribution in [0, 0.1) is 5.92 Å². The molecule has 1 fully saturated rings. The van der Waals surface area contributed by atoms with Crippen molar-refractivity contribution >= 4 is 11.6 Å². The number of anilines is 1.